The Balaban J connectivity index is 2.69. The number of halogens is 2. The van der Waals surface area contributed by atoms with Crippen LogP contribution in [-0.2, 0) is 0 Å². The van der Waals surface area contributed by atoms with E-state index < -0.39 is 5.82 Å². The lowest BCUT2D eigenvalue weighted by molar-refractivity contribution is 0.0949. The fourth-order valence-electron chi connectivity index (χ4n) is 1.13. The van der Waals surface area contributed by atoms with E-state index in [0.717, 1.165) is 6.42 Å². The molecule has 1 atom stereocenters. The molecule has 0 bridgehead atoms. The lowest BCUT2D eigenvalue weighted by Crippen LogP contribution is -2.36. The Morgan fingerprint density at radius 2 is 2.31 bits per heavy atom. The second kappa shape index (κ2) is 5.96. The highest BCUT2D eigenvalue weighted by molar-refractivity contribution is 9.10. The molecular weight excluding hydrogens is 275 g/mol. The lowest BCUT2D eigenvalue weighted by atomic mass is 10.2. The molecule has 1 amide bonds. The summed E-state index contributed by atoms with van der Waals surface area (Å²) in [5.41, 5.74) is 5.95. The molecule has 3 nitrogen and oxygen atoms in total. The van der Waals surface area contributed by atoms with Crippen molar-refractivity contribution < 1.29 is 9.18 Å². The van der Waals surface area contributed by atoms with Gasteiger partial charge in [-0.1, -0.05) is 6.92 Å². The summed E-state index contributed by atoms with van der Waals surface area (Å²) in [5.74, 6) is -0.761. The molecule has 5 heteroatoms. The number of amides is 1. The van der Waals surface area contributed by atoms with Gasteiger partial charge in [-0.25, -0.2) is 4.39 Å². The quantitative estimate of drug-likeness (QED) is 0.891. The normalized spacial score (nSPS) is 12.2. The first kappa shape index (κ1) is 13.1. The highest BCUT2D eigenvalue weighted by atomic mass is 79.9. The predicted molar refractivity (Wildman–Crippen MR) is 64.7 cm³/mol. The second-order valence-electron chi connectivity index (χ2n) is 3.50. The van der Waals surface area contributed by atoms with Gasteiger partial charge in [0.15, 0.2) is 0 Å². The number of hydrogen-bond donors (Lipinski definition) is 2. The minimum absolute atomic E-state index is 0.0729. The first-order valence-corrected chi connectivity index (χ1v) is 5.82. The minimum Gasteiger partial charge on any atom is -0.350 e. The van der Waals surface area contributed by atoms with E-state index in [-0.39, 0.29) is 17.5 Å². The molecular formula is C11H14BrFN2O. The van der Waals surface area contributed by atoms with Crippen molar-refractivity contribution in [3.05, 3.63) is 34.1 Å². The molecule has 0 heterocycles. The lowest BCUT2D eigenvalue weighted by Gasteiger charge is -2.11. The molecule has 1 aromatic carbocycles. The molecule has 0 radical (unpaired) electrons. The Morgan fingerprint density at radius 1 is 1.62 bits per heavy atom. The van der Waals surface area contributed by atoms with Crippen LogP contribution in [0.25, 0.3) is 0 Å². The molecule has 16 heavy (non-hydrogen) atoms. The molecule has 0 aliphatic carbocycles. The maximum Gasteiger partial charge on any atom is 0.252 e. The molecule has 88 valence electrons. The van der Waals surface area contributed by atoms with E-state index in [0.29, 0.717) is 11.0 Å². The van der Waals surface area contributed by atoms with Gasteiger partial charge in [0.05, 0.1) is 5.56 Å². The van der Waals surface area contributed by atoms with Crippen molar-refractivity contribution in [3.63, 3.8) is 0 Å². The van der Waals surface area contributed by atoms with Gasteiger partial charge in [-0.3, -0.25) is 4.79 Å². The summed E-state index contributed by atoms with van der Waals surface area (Å²) in [6.07, 6.45) is 0.782. The van der Waals surface area contributed by atoms with E-state index in [9.17, 15) is 9.18 Å². The summed E-state index contributed by atoms with van der Waals surface area (Å²) in [7, 11) is 0. The van der Waals surface area contributed by atoms with Gasteiger partial charge >= 0.3 is 0 Å². The maximum atomic E-state index is 12.9. The third kappa shape index (κ3) is 3.57. The highest BCUT2D eigenvalue weighted by Gasteiger charge is 2.11. The molecule has 0 saturated heterocycles. The number of nitrogens with one attached hydrogen (secondary N) is 1. The largest absolute Gasteiger partial charge is 0.350 e. The van der Waals surface area contributed by atoms with Crippen molar-refractivity contribution in [1.82, 2.24) is 5.32 Å². The minimum atomic E-state index is -0.437. The molecule has 1 aromatic rings. The molecule has 0 spiro atoms. The van der Waals surface area contributed by atoms with Crippen LogP contribution in [0.4, 0.5) is 4.39 Å². The van der Waals surface area contributed by atoms with Crippen LogP contribution in [0.3, 0.4) is 0 Å². The fraction of sp³-hybridized carbons (Fsp3) is 0.364. The van der Waals surface area contributed by atoms with E-state index >= 15 is 0 Å². The zero-order chi connectivity index (χ0) is 12.1. The molecule has 0 saturated carbocycles. The average molecular weight is 289 g/mol. The Hall–Kier alpha value is -0.940. The van der Waals surface area contributed by atoms with Crippen molar-refractivity contribution in [2.75, 3.05) is 6.54 Å². The summed E-state index contributed by atoms with van der Waals surface area (Å²) in [4.78, 5) is 11.7. The van der Waals surface area contributed by atoms with Crippen molar-refractivity contribution in [1.29, 1.82) is 0 Å². The first-order chi connectivity index (χ1) is 7.54. The van der Waals surface area contributed by atoms with E-state index in [1.807, 2.05) is 6.92 Å². The van der Waals surface area contributed by atoms with Crippen LogP contribution in [-0.4, -0.2) is 18.5 Å². The van der Waals surface area contributed by atoms with Crippen LogP contribution >= 0.6 is 15.9 Å². The standard InChI is InChI=1S/C11H14BrFN2O/c1-2-8(14)6-15-11(16)9-5-7(13)3-4-10(9)12/h3-5,8H,2,6,14H2,1H3,(H,15,16). The van der Waals surface area contributed by atoms with Gasteiger partial charge in [0.25, 0.3) is 5.91 Å². The number of rotatable bonds is 4. The Kier molecular flexibility index (Phi) is 4.89. The van der Waals surface area contributed by atoms with Crippen molar-refractivity contribution >= 4 is 21.8 Å². The van der Waals surface area contributed by atoms with Crippen LogP contribution in [0.5, 0.6) is 0 Å². The number of hydrogen-bond acceptors (Lipinski definition) is 2. The van der Waals surface area contributed by atoms with E-state index in [1.54, 1.807) is 0 Å². The molecule has 0 aromatic heterocycles. The molecule has 3 N–H and O–H groups in total. The van der Waals surface area contributed by atoms with Crippen molar-refractivity contribution in [2.24, 2.45) is 5.73 Å². The molecule has 0 aliphatic heterocycles. The molecule has 0 aliphatic rings. The summed E-state index contributed by atoms with van der Waals surface area (Å²) in [6.45, 7) is 2.33. The fourth-order valence-corrected chi connectivity index (χ4v) is 1.56. The van der Waals surface area contributed by atoms with Gasteiger partial charge < -0.3 is 11.1 Å². The average Bonchev–Trinajstić information content (AvgIpc) is 2.28. The number of carbonyl (C=O) groups is 1. The zero-order valence-electron chi connectivity index (χ0n) is 8.97. The Morgan fingerprint density at radius 3 is 2.94 bits per heavy atom. The SMILES string of the molecule is CCC(N)CNC(=O)c1cc(F)ccc1Br. The van der Waals surface area contributed by atoms with E-state index in [1.165, 1.54) is 18.2 Å². The van der Waals surface area contributed by atoms with Gasteiger partial charge in [-0.05, 0) is 40.5 Å². The van der Waals surface area contributed by atoms with Gasteiger partial charge in [0, 0.05) is 17.1 Å². The van der Waals surface area contributed by atoms with Gasteiger partial charge in [0.1, 0.15) is 5.82 Å². The third-order valence-electron chi connectivity index (χ3n) is 2.22. The van der Waals surface area contributed by atoms with Gasteiger partial charge in [-0.2, -0.15) is 0 Å². The molecule has 0 fully saturated rings. The van der Waals surface area contributed by atoms with Crippen molar-refractivity contribution in [2.45, 2.75) is 19.4 Å². The highest BCUT2D eigenvalue weighted by Crippen LogP contribution is 2.17. The monoisotopic (exact) mass is 288 g/mol. The predicted octanol–water partition coefficient (Wildman–Crippen LogP) is 2.06. The zero-order valence-corrected chi connectivity index (χ0v) is 10.6. The van der Waals surface area contributed by atoms with Crippen LogP contribution < -0.4 is 11.1 Å². The van der Waals surface area contributed by atoms with Crippen LogP contribution in [0.15, 0.2) is 22.7 Å². The maximum absolute atomic E-state index is 12.9. The van der Waals surface area contributed by atoms with Gasteiger partial charge in [0.2, 0.25) is 0 Å². The van der Waals surface area contributed by atoms with Crippen LogP contribution in [0, 0.1) is 5.82 Å². The second-order valence-corrected chi connectivity index (χ2v) is 4.36. The van der Waals surface area contributed by atoms with Crippen LogP contribution in [0.2, 0.25) is 0 Å². The topological polar surface area (TPSA) is 55.1 Å². The summed E-state index contributed by atoms with van der Waals surface area (Å²) < 4.78 is 13.5. The Bertz CT molecular complexity index is 384. The summed E-state index contributed by atoms with van der Waals surface area (Å²) in [5, 5.41) is 2.66. The third-order valence-corrected chi connectivity index (χ3v) is 2.91. The number of benzene rings is 1. The van der Waals surface area contributed by atoms with Crippen molar-refractivity contribution in [3.8, 4) is 0 Å². The van der Waals surface area contributed by atoms with E-state index in [4.69, 9.17) is 5.73 Å². The number of carbonyl (C=O) groups excluding carboxylic acids is 1. The summed E-state index contributed by atoms with van der Waals surface area (Å²) in [6, 6.07) is 3.91. The summed E-state index contributed by atoms with van der Waals surface area (Å²) >= 11 is 3.20. The molecule has 1 unspecified atom stereocenters. The first-order valence-electron chi connectivity index (χ1n) is 5.03. The Labute approximate surface area is 102 Å². The number of nitrogens with two attached hydrogens (primary N) is 1. The van der Waals surface area contributed by atoms with E-state index in [2.05, 4.69) is 21.2 Å². The molecule has 1 rings (SSSR count). The smallest absolute Gasteiger partial charge is 0.252 e. The van der Waals surface area contributed by atoms with Crippen LogP contribution in [0.1, 0.15) is 23.7 Å². The van der Waals surface area contributed by atoms with Gasteiger partial charge in [-0.15, -0.1) is 0 Å².